The molecule has 1 aromatic carbocycles. The summed E-state index contributed by atoms with van der Waals surface area (Å²) in [5, 5.41) is 0. The maximum atomic E-state index is 12.4. The van der Waals surface area contributed by atoms with Crippen LogP contribution in [0.25, 0.3) is 0 Å². The van der Waals surface area contributed by atoms with Crippen LogP contribution in [0.5, 0.6) is 0 Å². The van der Waals surface area contributed by atoms with Gasteiger partial charge in [-0.05, 0) is 58.7 Å². The SMILES string of the molecule is CC12CCC(CC1=NC(=O)c1ccccc1Br)C2(C)C. The van der Waals surface area contributed by atoms with Gasteiger partial charge in [0, 0.05) is 15.6 Å². The van der Waals surface area contributed by atoms with E-state index in [1.165, 1.54) is 6.42 Å². The number of carbonyl (C=O) groups is 1. The maximum absolute atomic E-state index is 12.4. The minimum atomic E-state index is -0.114. The van der Waals surface area contributed by atoms with Crippen LogP contribution in [-0.2, 0) is 0 Å². The highest BCUT2D eigenvalue weighted by molar-refractivity contribution is 9.10. The fourth-order valence-corrected chi connectivity index (χ4v) is 4.37. The average Bonchev–Trinajstić information content (AvgIpc) is 2.72. The highest BCUT2D eigenvalue weighted by atomic mass is 79.9. The third-order valence-electron chi connectivity index (χ3n) is 5.85. The highest BCUT2D eigenvalue weighted by Gasteiger charge is 2.59. The van der Waals surface area contributed by atoms with E-state index in [1.54, 1.807) is 0 Å². The van der Waals surface area contributed by atoms with Crippen molar-refractivity contribution in [1.29, 1.82) is 0 Å². The fraction of sp³-hybridized carbons (Fsp3) is 0.529. The van der Waals surface area contributed by atoms with Crippen LogP contribution in [0, 0.1) is 16.7 Å². The Morgan fingerprint density at radius 3 is 2.55 bits per heavy atom. The van der Waals surface area contributed by atoms with Crippen molar-refractivity contribution in [3.8, 4) is 0 Å². The smallest absolute Gasteiger partial charge is 0.267 e. The molecule has 2 fully saturated rings. The van der Waals surface area contributed by atoms with Crippen LogP contribution in [0.15, 0.2) is 33.7 Å². The van der Waals surface area contributed by atoms with Gasteiger partial charge in [-0.2, -0.15) is 0 Å². The molecule has 0 aliphatic heterocycles. The van der Waals surface area contributed by atoms with Crippen LogP contribution in [0.3, 0.4) is 0 Å². The molecular formula is C17H20BrNO. The zero-order chi connectivity index (χ0) is 14.5. The summed E-state index contributed by atoms with van der Waals surface area (Å²) >= 11 is 3.43. The lowest BCUT2D eigenvalue weighted by Crippen LogP contribution is -2.33. The molecule has 1 aromatic rings. The molecule has 0 heterocycles. The van der Waals surface area contributed by atoms with Crippen LogP contribution >= 0.6 is 15.9 Å². The molecule has 20 heavy (non-hydrogen) atoms. The first-order valence-electron chi connectivity index (χ1n) is 7.23. The van der Waals surface area contributed by atoms with Crippen molar-refractivity contribution in [2.24, 2.45) is 21.7 Å². The molecule has 0 saturated heterocycles. The van der Waals surface area contributed by atoms with Gasteiger partial charge in [-0.15, -0.1) is 0 Å². The van der Waals surface area contributed by atoms with Crippen molar-refractivity contribution in [3.63, 3.8) is 0 Å². The Hall–Kier alpha value is -0.960. The monoisotopic (exact) mass is 333 g/mol. The molecule has 106 valence electrons. The van der Waals surface area contributed by atoms with E-state index in [0.717, 1.165) is 23.0 Å². The van der Waals surface area contributed by atoms with E-state index in [0.29, 0.717) is 11.5 Å². The molecule has 0 aromatic heterocycles. The van der Waals surface area contributed by atoms with Gasteiger partial charge in [0.25, 0.3) is 5.91 Å². The number of aliphatic imine (C=N–C) groups is 1. The molecular weight excluding hydrogens is 314 g/mol. The van der Waals surface area contributed by atoms with Crippen molar-refractivity contribution in [3.05, 3.63) is 34.3 Å². The molecule has 2 bridgehead atoms. The van der Waals surface area contributed by atoms with Gasteiger partial charge in [-0.3, -0.25) is 4.79 Å². The molecule has 3 rings (SSSR count). The number of amides is 1. The number of rotatable bonds is 1. The van der Waals surface area contributed by atoms with Gasteiger partial charge >= 0.3 is 0 Å². The quantitative estimate of drug-likeness (QED) is 0.720. The topological polar surface area (TPSA) is 29.4 Å². The van der Waals surface area contributed by atoms with Crippen LogP contribution in [-0.4, -0.2) is 11.6 Å². The summed E-state index contributed by atoms with van der Waals surface area (Å²) in [5.74, 6) is 0.565. The number of benzene rings is 1. The third kappa shape index (κ3) is 1.82. The normalized spacial score (nSPS) is 32.8. The number of nitrogens with zero attached hydrogens (tertiary/aromatic N) is 1. The first kappa shape index (κ1) is 14.0. The highest BCUT2D eigenvalue weighted by Crippen LogP contribution is 2.64. The van der Waals surface area contributed by atoms with Gasteiger partial charge < -0.3 is 0 Å². The van der Waals surface area contributed by atoms with Crippen molar-refractivity contribution in [2.45, 2.75) is 40.0 Å². The summed E-state index contributed by atoms with van der Waals surface area (Å²) in [4.78, 5) is 16.9. The molecule has 2 aliphatic rings. The molecule has 2 unspecified atom stereocenters. The lowest BCUT2D eigenvalue weighted by molar-refractivity contribution is 0.1000. The van der Waals surface area contributed by atoms with Crippen LogP contribution in [0.1, 0.15) is 50.4 Å². The standard InChI is InChI=1S/C17H20BrNO/c1-16(2)11-8-9-17(16,3)14(10-11)19-15(20)12-6-4-5-7-13(12)18/h4-7,11H,8-10H2,1-3H3. The predicted molar refractivity (Wildman–Crippen MR) is 85.1 cm³/mol. The van der Waals surface area contributed by atoms with Gasteiger partial charge in [-0.25, -0.2) is 4.99 Å². The zero-order valence-electron chi connectivity index (χ0n) is 12.2. The van der Waals surface area contributed by atoms with E-state index in [9.17, 15) is 4.79 Å². The number of halogens is 1. The molecule has 0 N–H and O–H groups in total. The van der Waals surface area contributed by atoms with E-state index < -0.39 is 0 Å². The Morgan fingerprint density at radius 2 is 2.00 bits per heavy atom. The van der Waals surface area contributed by atoms with Gasteiger partial charge in [0.2, 0.25) is 0 Å². The van der Waals surface area contributed by atoms with Crippen molar-refractivity contribution < 1.29 is 4.79 Å². The fourth-order valence-electron chi connectivity index (χ4n) is 3.91. The summed E-state index contributed by atoms with van der Waals surface area (Å²) < 4.78 is 0.821. The Balaban J connectivity index is 1.95. The lowest BCUT2D eigenvalue weighted by Gasteiger charge is -2.34. The summed E-state index contributed by atoms with van der Waals surface area (Å²) in [6.45, 7) is 6.94. The van der Waals surface area contributed by atoms with Crippen molar-refractivity contribution in [1.82, 2.24) is 0 Å². The second-order valence-electron chi connectivity index (χ2n) is 6.84. The zero-order valence-corrected chi connectivity index (χ0v) is 13.8. The molecule has 2 saturated carbocycles. The van der Waals surface area contributed by atoms with Crippen LogP contribution < -0.4 is 0 Å². The summed E-state index contributed by atoms with van der Waals surface area (Å²) in [7, 11) is 0. The second kappa shape index (κ2) is 4.52. The maximum Gasteiger partial charge on any atom is 0.278 e. The first-order chi connectivity index (χ1) is 9.36. The van der Waals surface area contributed by atoms with E-state index in [4.69, 9.17) is 0 Å². The minimum absolute atomic E-state index is 0.0918. The minimum Gasteiger partial charge on any atom is -0.267 e. The Morgan fingerprint density at radius 1 is 1.30 bits per heavy atom. The molecule has 2 aliphatic carbocycles. The molecule has 2 atom stereocenters. The van der Waals surface area contributed by atoms with E-state index >= 15 is 0 Å². The molecule has 1 amide bonds. The molecule has 3 heteroatoms. The Kier molecular flexibility index (Phi) is 3.16. The summed E-state index contributed by atoms with van der Waals surface area (Å²) in [6.07, 6.45) is 3.41. The third-order valence-corrected chi connectivity index (χ3v) is 6.54. The predicted octanol–water partition coefficient (Wildman–Crippen LogP) is 4.88. The molecule has 2 nitrogen and oxygen atoms in total. The molecule has 0 radical (unpaired) electrons. The summed E-state index contributed by atoms with van der Waals surface area (Å²) in [5.41, 5.74) is 2.12. The number of carbonyl (C=O) groups excluding carboxylic acids is 1. The first-order valence-corrected chi connectivity index (χ1v) is 8.02. The Bertz CT molecular complexity index is 605. The number of hydrogen-bond acceptors (Lipinski definition) is 1. The Labute approximate surface area is 128 Å². The lowest BCUT2D eigenvalue weighted by atomic mass is 9.70. The van der Waals surface area contributed by atoms with Gasteiger partial charge in [0.1, 0.15) is 0 Å². The van der Waals surface area contributed by atoms with Gasteiger partial charge in [-0.1, -0.05) is 32.9 Å². The van der Waals surface area contributed by atoms with E-state index in [1.807, 2.05) is 24.3 Å². The van der Waals surface area contributed by atoms with Crippen LogP contribution in [0.2, 0.25) is 0 Å². The average molecular weight is 334 g/mol. The van der Waals surface area contributed by atoms with Gasteiger partial charge in [0.15, 0.2) is 0 Å². The van der Waals surface area contributed by atoms with Crippen LogP contribution in [0.4, 0.5) is 0 Å². The van der Waals surface area contributed by atoms with E-state index in [2.05, 4.69) is 41.7 Å². The largest absolute Gasteiger partial charge is 0.278 e. The van der Waals surface area contributed by atoms with Crippen molar-refractivity contribution >= 4 is 27.5 Å². The van der Waals surface area contributed by atoms with E-state index in [-0.39, 0.29) is 16.7 Å². The number of hydrogen-bond donors (Lipinski definition) is 0. The van der Waals surface area contributed by atoms with Gasteiger partial charge in [0.05, 0.1) is 5.56 Å². The summed E-state index contributed by atoms with van der Waals surface area (Å²) in [6, 6.07) is 7.51. The molecule has 0 spiro atoms. The second-order valence-corrected chi connectivity index (χ2v) is 7.69. The number of fused-ring (bicyclic) bond motifs is 2. The van der Waals surface area contributed by atoms with Crippen molar-refractivity contribution in [2.75, 3.05) is 0 Å².